The molecule has 0 heterocycles. The predicted octanol–water partition coefficient (Wildman–Crippen LogP) is 4.27. The Morgan fingerprint density at radius 2 is 2.00 bits per heavy atom. The number of fused-ring (bicyclic) bond motifs is 1. The number of nitrogens with one attached hydrogen (secondary N) is 1. The predicted molar refractivity (Wildman–Crippen MR) is 65.4 cm³/mol. The molecule has 4 atom stereocenters. The van der Waals surface area contributed by atoms with Crippen LogP contribution in [0.15, 0.2) is 0 Å². The summed E-state index contributed by atoms with van der Waals surface area (Å²) < 4.78 is 0. The first-order valence-electron chi connectivity index (χ1n) is 6.58. The van der Waals surface area contributed by atoms with Gasteiger partial charge in [-0.05, 0) is 55.8 Å². The van der Waals surface area contributed by atoms with Crippen molar-refractivity contribution in [3.05, 3.63) is 0 Å². The van der Waals surface area contributed by atoms with Crippen LogP contribution in [0, 0.1) is 28.6 Å². The molecule has 1 unspecified atom stereocenters. The maximum atomic E-state index is 7.82. The minimum atomic E-state index is 0.601. The van der Waals surface area contributed by atoms with Crippen molar-refractivity contribution in [2.45, 2.75) is 59.3 Å². The summed E-state index contributed by atoms with van der Waals surface area (Å²) in [6.45, 7) is 6.94. The Morgan fingerprint density at radius 3 is 2.67 bits per heavy atom. The van der Waals surface area contributed by atoms with Crippen molar-refractivity contribution < 1.29 is 0 Å². The second-order valence-corrected chi connectivity index (χ2v) is 6.28. The average Bonchev–Trinajstić information content (AvgIpc) is 2.17. The van der Waals surface area contributed by atoms with E-state index in [1.54, 1.807) is 0 Å². The molecule has 2 aliphatic rings. The van der Waals surface area contributed by atoms with E-state index in [9.17, 15) is 0 Å². The molecule has 0 amide bonds. The van der Waals surface area contributed by atoms with E-state index >= 15 is 0 Å². The van der Waals surface area contributed by atoms with Crippen molar-refractivity contribution in [2.24, 2.45) is 23.2 Å². The second-order valence-electron chi connectivity index (χ2n) is 6.28. The molecule has 0 aromatic carbocycles. The molecule has 2 rings (SSSR count). The van der Waals surface area contributed by atoms with Crippen LogP contribution in [0.3, 0.4) is 0 Å². The third kappa shape index (κ3) is 1.98. The highest BCUT2D eigenvalue weighted by Gasteiger charge is 2.44. The Morgan fingerprint density at radius 1 is 1.27 bits per heavy atom. The summed E-state index contributed by atoms with van der Waals surface area (Å²) in [5, 5.41) is 7.82. The normalized spacial score (nSPS) is 45.9. The fraction of sp³-hybridized carbons (Fsp3) is 0.929. The zero-order valence-electron chi connectivity index (χ0n) is 10.5. The van der Waals surface area contributed by atoms with Gasteiger partial charge in [-0.15, -0.1) is 0 Å². The average molecular weight is 207 g/mol. The van der Waals surface area contributed by atoms with Crippen LogP contribution >= 0.6 is 0 Å². The fourth-order valence-electron chi connectivity index (χ4n) is 4.05. The zero-order chi connectivity index (χ0) is 11.1. The van der Waals surface area contributed by atoms with E-state index in [2.05, 4.69) is 13.8 Å². The standard InChI is InChI=1S/C14H25N/c1-10-5-4-7-14(3)8-6-12(11(2)15)9-13(10)14/h10,12-13,15H,4-9H2,1-3H3/t10-,12?,13-,14-/m1/s1. The lowest BCUT2D eigenvalue weighted by atomic mass is 9.55. The Bertz CT molecular complexity index is 258. The SMILES string of the molecule is CC(=N)C1CC[C@@]2(C)CCC[C@@H](C)[C@H]2C1. The summed E-state index contributed by atoms with van der Waals surface area (Å²) >= 11 is 0. The van der Waals surface area contributed by atoms with Crippen molar-refractivity contribution in [1.82, 2.24) is 0 Å². The van der Waals surface area contributed by atoms with Crippen molar-refractivity contribution in [1.29, 1.82) is 5.41 Å². The largest absolute Gasteiger partial charge is 0.310 e. The quantitative estimate of drug-likeness (QED) is 0.621. The minimum Gasteiger partial charge on any atom is -0.310 e. The van der Waals surface area contributed by atoms with Gasteiger partial charge < -0.3 is 5.41 Å². The van der Waals surface area contributed by atoms with Crippen LogP contribution in [-0.4, -0.2) is 5.71 Å². The lowest BCUT2D eigenvalue weighted by Gasteiger charge is -2.50. The lowest BCUT2D eigenvalue weighted by molar-refractivity contribution is 0.0123. The summed E-state index contributed by atoms with van der Waals surface area (Å²) in [5.74, 6) is 2.39. The third-order valence-electron chi connectivity index (χ3n) is 5.20. The highest BCUT2D eigenvalue weighted by molar-refractivity contribution is 5.81. The maximum absolute atomic E-state index is 7.82. The molecule has 1 heteroatoms. The van der Waals surface area contributed by atoms with Crippen LogP contribution in [0.4, 0.5) is 0 Å². The number of rotatable bonds is 1. The van der Waals surface area contributed by atoms with Gasteiger partial charge >= 0.3 is 0 Å². The van der Waals surface area contributed by atoms with Gasteiger partial charge in [0.25, 0.3) is 0 Å². The molecule has 0 spiro atoms. The van der Waals surface area contributed by atoms with Gasteiger partial charge in [0.05, 0.1) is 0 Å². The molecule has 0 radical (unpaired) electrons. The molecule has 2 fully saturated rings. The summed E-state index contributed by atoms with van der Waals surface area (Å²) in [6.07, 6.45) is 8.23. The summed E-state index contributed by atoms with van der Waals surface area (Å²) in [4.78, 5) is 0. The summed E-state index contributed by atoms with van der Waals surface area (Å²) in [5.41, 5.74) is 1.54. The van der Waals surface area contributed by atoms with Crippen molar-refractivity contribution in [3.63, 3.8) is 0 Å². The zero-order valence-corrected chi connectivity index (χ0v) is 10.5. The van der Waals surface area contributed by atoms with Crippen LogP contribution in [0.2, 0.25) is 0 Å². The van der Waals surface area contributed by atoms with Gasteiger partial charge in [-0.2, -0.15) is 0 Å². The molecule has 86 valence electrons. The molecule has 1 N–H and O–H groups in total. The van der Waals surface area contributed by atoms with E-state index in [1.165, 1.54) is 38.5 Å². The topological polar surface area (TPSA) is 23.9 Å². The van der Waals surface area contributed by atoms with Crippen LogP contribution < -0.4 is 0 Å². The van der Waals surface area contributed by atoms with Crippen LogP contribution in [0.1, 0.15) is 59.3 Å². The Kier molecular flexibility index (Phi) is 2.92. The van der Waals surface area contributed by atoms with E-state index in [1.807, 2.05) is 6.92 Å². The number of hydrogen-bond acceptors (Lipinski definition) is 1. The molecule has 15 heavy (non-hydrogen) atoms. The molecular weight excluding hydrogens is 182 g/mol. The Hall–Kier alpha value is -0.330. The van der Waals surface area contributed by atoms with Crippen LogP contribution in [-0.2, 0) is 0 Å². The van der Waals surface area contributed by atoms with Gasteiger partial charge in [-0.25, -0.2) is 0 Å². The second kappa shape index (κ2) is 3.92. The van der Waals surface area contributed by atoms with Gasteiger partial charge in [-0.1, -0.05) is 26.7 Å². The molecule has 2 saturated carbocycles. The van der Waals surface area contributed by atoms with E-state index in [0.717, 1.165) is 17.5 Å². The Balaban J connectivity index is 2.12. The first-order chi connectivity index (χ1) is 7.03. The first kappa shape index (κ1) is 11.2. The molecule has 0 aliphatic heterocycles. The molecule has 1 nitrogen and oxygen atoms in total. The monoisotopic (exact) mass is 207 g/mol. The van der Waals surface area contributed by atoms with Gasteiger partial charge in [0.2, 0.25) is 0 Å². The smallest absolute Gasteiger partial charge is 0.00892 e. The Labute approximate surface area is 94.2 Å². The first-order valence-corrected chi connectivity index (χ1v) is 6.58. The van der Waals surface area contributed by atoms with E-state index < -0.39 is 0 Å². The van der Waals surface area contributed by atoms with Crippen molar-refractivity contribution in [2.75, 3.05) is 0 Å². The molecule has 0 aromatic heterocycles. The molecule has 2 aliphatic carbocycles. The highest BCUT2D eigenvalue weighted by Crippen LogP contribution is 2.53. The molecule has 0 saturated heterocycles. The van der Waals surface area contributed by atoms with Crippen molar-refractivity contribution in [3.8, 4) is 0 Å². The summed E-state index contributed by atoms with van der Waals surface area (Å²) in [6, 6.07) is 0. The fourth-order valence-corrected chi connectivity index (χ4v) is 4.05. The highest BCUT2D eigenvalue weighted by atomic mass is 14.5. The maximum Gasteiger partial charge on any atom is 0.00892 e. The van der Waals surface area contributed by atoms with Gasteiger partial charge in [0, 0.05) is 5.71 Å². The summed E-state index contributed by atoms with van der Waals surface area (Å²) in [7, 11) is 0. The third-order valence-corrected chi connectivity index (χ3v) is 5.20. The molecular formula is C14H25N. The van der Waals surface area contributed by atoms with E-state index in [4.69, 9.17) is 5.41 Å². The number of hydrogen-bond donors (Lipinski definition) is 1. The van der Waals surface area contributed by atoms with Gasteiger partial charge in [0.15, 0.2) is 0 Å². The van der Waals surface area contributed by atoms with Gasteiger partial charge in [0.1, 0.15) is 0 Å². The lowest BCUT2D eigenvalue weighted by Crippen LogP contribution is -2.42. The minimum absolute atomic E-state index is 0.601. The molecule has 0 aromatic rings. The molecule has 0 bridgehead atoms. The van der Waals surface area contributed by atoms with Crippen LogP contribution in [0.5, 0.6) is 0 Å². The van der Waals surface area contributed by atoms with Crippen molar-refractivity contribution >= 4 is 5.71 Å². The van der Waals surface area contributed by atoms with Gasteiger partial charge in [-0.3, -0.25) is 0 Å². The van der Waals surface area contributed by atoms with E-state index in [0.29, 0.717) is 11.3 Å². The van der Waals surface area contributed by atoms with E-state index in [-0.39, 0.29) is 0 Å². The van der Waals surface area contributed by atoms with Crippen LogP contribution in [0.25, 0.3) is 0 Å².